The molecule has 0 saturated heterocycles. The minimum atomic E-state index is -0.999. The second-order valence-electron chi connectivity index (χ2n) is 9.20. The number of para-hydroxylation sites is 1. The number of furan rings is 2. The van der Waals surface area contributed by atoms with E-state index in [1.807, 2.05) is 31.2 Å². The fourth-order valence-electron chi connectivity index (χ4n) is 4.50. The van der Waals surface area contributed by atoms with Crippen LogP contribution in [0, 0.1) is 6.92 Å². The number of rotatable bonds is 7. The van der Waals surface area contributed by atoms with E-state index in [-0.39, 0.29) is 5.56 Å². The van der Waals surface area contributed by atoms with Crippen LogP contribution in [0.2, 0.25) is 0 Å². The number of aromatic nitrogens is 3. The van der Waals surface area contributed by atoms with Gasteiger partial charge in [0.2, 0.25) is 0 Å². The molecule has 1 amide bonds. The van der Waals surface area contributed by atoms with E-state index in [2.05, 4.69) is 10.3 Å². The van der Waals surface area contributed by atoms with Crippen molar-refractivity contribution in [3.05, 3.63) is 96.6 Å². The number of benzene rings is 2. The number of ether oxygens (including phenoxy) is 1. The summed E-state index contributed by atoms with van der Waals surface area (Å²) >= 11 is 0. The first-order valence-electron chi connectivity index (χ1n) is 12.8. The quantitative estimate of drug-likeness (QED) is 0.229. The maximum atomic E-state index is 13.2. The van der Waals surface area contributed by atoms with Crippen molar-refractivity contribution in [2.45, 2.75) is 26.4 Å². The fraction of sp³-hybridized carbons (Fsp3) is 0.129. The van der Waals surface area contributed by atoms with E-state index in [9.17, 15) is 9.59 Å². The van der Waals surface area contributed by atoms with Gasteiger partial charge < -0.3 is 18.9 Å². The Morgan fingerprint density at radius 3 is 2.20 bits per heavy atom. The summed E-state index contributed by atoms with van der Waals surface area (Å²) in [5.41, 5.74) is 4.41. The number of amides is 1. The van der Waals surface area contributed by atoms with Gasteiger partial charge in [0, 0.05) is 11.1 Å². The van der Waals surface area contributed by atoms with E-state index in [0.717, 1.165) is 16.6 Å². The van der Waals surface area contributed by atoms with Crippen molar-refractivity contribution >= 4 is 39.5 Å². The highest BCUT2D eigenvalue weighted by Crippen LogP contribution is 2.32. The molecular formula is C31H24N4O5. The number of hydrogen-bond acceptors (Lipinski definition) is 8. The van der Waals surface area contributed by atoms with E-state index in [1.165, 1.54) is 0 Å². The van der Waals surface area contributed by atoms with E-state index in [1.54, 1.807) is 68.0 Å². The highest BCUT2D eigenvalue weighted by atomic mass is 16.5. The molecule has 6 aromatic rings. The van der Waals surface area contributed by atoms with Gasteiger partial charge in [-0.3, -0.25) is 9.78 Å². The van der Waals surface area contributed by atoms with E-state index in [4.69, 9.17) is 23.5 Å². The number of carbonyl (C=O) groups is 2. The maximum absolute atomic E-state index is 13.2. The Labute approximate surface area is 228 Å². The molecule has 1 atom stereocenters. The Morgan fingerprint density at radius 2 is 1.52 bits per heavy atom. The minimum Gasteiger partial charge on any atom is -0.463 e. The number of anilines is 1. The minimum absolute atomic E-state index is 0.245. The number of hydrogen-bond donors (Lipinski definition) is 1. The molecule has 40 heavy (non-hydrogen) atoms. The zero-order chi connectivity index (χ0) is 27.6. The number of esters is 1. The summed E-state index contributed by atoms with van der Waals surface area (Å²) in [5.74, 6) is -0.0138. The Bertz CT molecular complexity index is 1850. The largest absolute Gasteiger partial charge is 0.463 e. The monoisotopic (exact) mass is 532 g/mol. The molecule has 9 heteroatoms. The molecule has 9 nitrogen and oxygen atoms in total. The van der Waals surface area contributed by atoms with Gasteiger partial charge in [-0.1, -0.05) is 25.1 Å². The summed E-state index contributed by atoms with van der Waals surface area (Å²) in [4.78, 5) is 40.3. The van der Waals surface area contributed by atoms with E-state index in [0.29, 0.717) is 46.0 Å². The summed E-state index contributed by atoms with van der Waals surface area (Å²) in [6.07, 6.45) is 2.40. The summed E-state index contributed by atoms with van der Waals surface area (Å²) in [5, 5.41) is 3.71. The topological polar surface area (TPSA) is 120 Å². The first-order valence-corrected chi connectivity index (χ1v) is 12.8. The van der Waals surface area contributed by atoms with Crippen molar-refractivity contribution in [3.63, 3.8) is 0 Å². The summed E-state index contributed by atoms with van der Waals surface area (Å²) in [6.45, 7) is 3.64. The van der Waals surface area contributed by atoms with Crippen molar-refractivity contribution < 1.29 is 23.2 Å². The van der Waals surface area contributed by atoms with Crippen LogP contribution in [-0.4, -0.2) is 32.9 Å². The van der Waals surface area contributed by atoms with Gasteiger partial charge in [-0.05, 0) is 67.9 Å². The predicted molar refractivity (Wildman–Crippen MR) is 150 cm³/mol. The maximum Gasteiger partial charge on any atom is 0.338 e. The highest BCUT2D eigenvalue weighted by molar-refractivity contribution is 6.04. The summed E-state index contributed by atoms with van der Waals surface area (Å²) < 4.78 is 16.8. The van der Waals surface area contributed by atoms with Crippen LogP contribution in [0.4, 0.5) is 5.69 Å². The molecule has 4 aromatic heterocycles. The van der Waals surface area contributed by atoms with Gasteiger partial charge in [-0.25, -0.2) is 14.8 Å². The third kappa shape index (κ3) is 4.80. The zero-order valence-corrected chi connectivity index (χ0v) is 21.8. The lowest BCUT2D eigenvalue weighted by Gasteiger charge is -2.17. The third-order valence-corrected chi connectivity index (χ3v) is 6.42. The van der Waals surface area contributed by atoms with Gasteiger partial charge in [-0.2, -0.15) is 0 Å². The lowest BCUT2D eigenvalue weighted by Crippen LogP contribution is -2.32. The van der Waals surface area contributed by atoms with Gasteiger partial charge in [0.1, 0.15) is 11.4 Å². The van der Waals surface area contributed by atoms with Crippen molar-refractivity contribution in [1.29, 1.82) is 0 Å². The van der Waals surface area contributed by atoms with Gasteiger partial charge >= 0.3 is 5.97 Å². The van der Waals surface area contributed by atoms with E-state index < -0.39 is 18.0 Å². The van der Waals surface area contributed by atoms with Crippen molar-refractivity contribution in [3.8, 4) is 22.9 Å². The first-order chi connectivity index (χ1) is 19.5. The van der Waals surface area contributed by atoms with Gasteiger partial charge in [0.15, 0.2) is 17.6 Å². The molecule has 0 bridgehead atoms. The molecule has 1 unspecified atom stereocenters. The SMILES string of the molecule is CCC(OC(=O)c1ccc2nc(-c3ccco3)c(-c3ccco3)nc2c1)C(=O)Nc1cc(C)nc2ccccc12. The molecule has 198 valence electrons. The first kappa shape index (κ1) is 25.0. The van der Waals surface area contributed by atoms with Gasteiger partial charge in [-0.15, -0.1) is 0 Å². The smallest absolute Gasteiger partial charge is 0.338 e. The molecular weight excluding hydrogens is 508 g/mol. The summed E-state index contributed by atoms with van der Waals surface area (Å²) in [6, 6.07) is 21.3. The molecule has 0 aliphatic heterocycles. The molecule has 0 fully saturated rings. The molecule has 0 aliphatic rings. The van der Waals surface area contributed by atoms with Crippen LogP contribution < -0.4 is 5.32 Å². The molecule has 4 heterocycles. The van der Waals surface area contributed by atoms with Crippen LogP contribution in [0.5, 0.6) is 0 Å². The van der Waals surface area contributed by atoms with Crippen LogP contribution in [0.15, 0.2) is 94.2 Å². The van der Waals surface area contributed by atoms with Crippen LogP contribution in [-0.2, 0) is 9.53 Å². The van der Waals surface area contributed by atoms with Crippen LogP contribution in [0.1, 0.15) is 29.4 Å². The molecule has 0 aliphatic carbocycles. The standard InChI is InChI=1S/C31H24N4O5/c1-3-25(30(36)35-23-16-18(2)32-21-9-5-4-8-20(21)23)40-31(37)19-12-13-22-24(17-19)34-29(27-11-7-15-39-27)28(33-22)26-10-6-14-38-26/h4-17,25H,3H2,1-2H3,(H,32,35,36). The predicted octanol–water partition coefficient (Wildman–Crippen LogP) is 6.58. The normalized spacial score (nSPS) is 11.9. The highest BCUT2D eigenvalue weighted by Gasteiger charge is 2.24. The molecule has 1 N–H and O–H groups in total. The Hall–Kier alpha value is -5.31. The molecule has 0 saturated carbocycles. The van der Waals surface area contributed by atoms with Crippen LogP contribution in [0.25, 0.3) is 44.8 Å². The second-order valence-corrected chi connectivity index (χ2v) is 9.20. The third-order valence-electron chi connectivity index (χ3n) is 6.42. The number of nitrogens with one attached hydrogen (secondary N) is 1. The average molecular weight is 533 g/mol. The number of carbonyl (C=O) groups excluding carboxylic acids is 2. The van der Waals surface area contributed by atoms with Crippen LogP contribution >= 0.6 is 0 Å². The Morgan fingerprint density at radius 1 is 0.825 bits per heavy atom. The Balaban J connectivity index is 1.27. The Kier molecular flexibility index (Phi) is 6.53. The number of aryl methyl sites for hydroxylation is 1. The van der Waals surface area contributed by atoms with Gasteiger partial charge in [0.25, 0.3) is 5.91 Å². The second kappa shape index (κ2) is 10.5. The van der Waals surface area contributed by atoms with Crippen molar-refractivity contribution in [1.82, 2.24) is 15.0 Å². The average Bonchev–Trinajstić information content (AvgIpc) is 3.70. The van der Waals surface area contributed by atoms with Crippen LogP contribution in [0.3, 0.4) is 0 Å². The number of nitrogens with zero attached hydrogens (tertiary/aromatic N) is 3. The van der Waals surface area contributed by atoms with Gasteiger partial charge in [0.05, 0.1) is 40.3 Å². The lowest BCUT2D eigenvalue weighted by atomic mass is 10.1. The van der Waals surface area contributed by atoms with E-state index >= 15 is 0 Å². The molecule has 2 aromatic carbocycles. The number of fused-ring (bicyclic) bond motifs is 2. The number of pyridine rings is 1. The summed E-state index contributed by atoms with van der Waals surface area (Å²) in [7, 11) is 0. The molecule has 6 rings (SSSR count). The fourth-order valence-corrected chi connectivity index (χ4v) is 4.50. The lowest BCUT2D eigenvalue weighted by molar-refractivity contribution is -0.124. The molecule has 0 spiro atoms. The zero-order valence-electron chi connectivity index (χ0n) is 21.8. The van der Waals surface area contributed by atoms with Crippen molar-refractivity contribution in [2.75, 3.05) is 5.32 Å². The molecule has 0 radical (unpaired) electrons. The van der Waals surface area contributed by atoms with Crippen molar-refractivity contribution in [2.24, 2.45) is 0 Å².